The van der Waals surface area contributed by atoms with Gasteiger partial charge in [-0.3, -0.25) is 9.79 Å². The zero-order chi connectivity index (χ0) is 22.3. The van der Waals surface area contributed by atoms with Crippen LogP contribution in [-0.4, -0.2) is 48.7 Å². The Morgan fingerprint density at radius 1 is 0.939 bits per heavy atom. The van der Waals surface area contributed by atoms with Gasteiger partial charge in [0.05, 0.1) is 6.54 Å². The predicted octanol–water partition coefficient (Wildman–Crippen LogP) is 3.55. The molecule has 1 N–H and O–H groups in total. The highest BCUT2D eigenvalue weighted by molar-refractivity contribution is 14.0. The van der Waals surface area contributed by atoms with Gasteiger partial charge in [0.25, 0.3) is 5.56 Å². The van der Waals surface area contributed by atoms with E-state index in [2.05, 4.69) is 44.4 Å². The lowest BCUT2D eigenvalue weighted by Crippen LogP contribution is -2.52. The third-order valence-corrected chi connectivity index (χ3v) is 5.71. The number of nitrogens with one attached hydrogen (secondary N) is 1. The van der Waals surface area contributed by atoms with Crippen LogP contribution in [0.4, 0.5) is 10.1 Å². The molecule has 1 fully saturated rings. The number of nitrogens with zero attached hydrogens (tertiary/aromatic N) is 4. The number of rotatable bonds is 5. The molecule has 33 heavy (non-hydrogen) atoms. The van der Waals surface area contributed by atoms with Crippen LogP contribution >= 0.6 is 24.0 Å². The molecular formula is C25H29FIN5O. The molecule has 6 nitrogen and oxygen atoms in total. The summed E-state index contributed by atoms with van der Waals surface area (Å²) < 4.78 is 14.9. The zero-order valence-corrected chi connectivity index (χ0v) is 21.0. The second kappa shape index (κ2) is 11.8. The maximum atomic E-state index is 13.2. The maximum Gasteiger partial charge on any atom is 0.250 e. The van der Waals surface area contributed by atoms with Crippen molar-refractivity contribution >= 4 is 35.6 Å². The van der Waals surface area contributed by atoms with Gasteiger partial charge in [0.2, 0.25) is 0 Å². The fourth-order valence-corrected chi connectivity index (χ4v) is 3.89. The average Bonchev–Trinajstić information content (AvgIpc) is 2.83. The van der Waals surface area contributed by atoms with Crippen molar-refractivity contribution in [1.82, 2.24) is 14.8 Å². The van der Waals surface area contributed by atoms with Crippen LogP contribution in [0.3, 0.4) is 0 Å². The molecule has 0 aliphatic carbocycles. The van der Waals surface area contributed by atoms with Crippen molar-refractivity contribution in [1.29, 1.82) is 0 Å². The van der Waals surface area contributed by atoms with Gasteiger partial charge >= 0.3 is 0 Å². The molecule has 0 saturated carbocycles. The average molecular weight is 561 g/mol. The van der Waals surface area contributed by atoms with E-state index in [0.717, 1.165) is 49.0 Å². The number of aliphatic imine (C=N–C) groups is 1. The highest BCUT2D eigenvalue weighted by atomic mass is 127. The first kappa shape index (κ1) is 24.8. The van der Waals surface area contributed by atoms with E-state index in [-0.39, 0.29) is 35.4 Å². The van der Waals surface area contributed by atoms with E-state index in [9.17, 15) is 9.18 Å². The van der Waals surface area contributed by atoms with Crippen LogP contribution in [0, 0.1) is 5.82 Å². The van der Waals surface area contributed by atoms with Crippen LogP contribution in [0.25, 0.3) is 0 Å². The Kier molecular flexibility index (Phi) is 8.87. The number of halogens is 2. The number of guanidine groups is 1. The van der Waals surface area contributed by atoms with E-state index in [4.69, 9.17) is 0 Å². The first-order chi connectivity index (χ1) is 15.6. The lowest BCUT2D eigenvalue weighted by atomic mass is 10.1. The topological polar surface area (TPSA) is 52.9 Å². The summed E-state index contributed by atoms with van der Waals surface area (Å²) in [4.78, 5) is 20.8. The van der Waals surface area contributed by atoms with Gasteiger partial charge in [-0.15, -0.1) is 24.0 Å². The van der Waals surface area contributed by atoms with Crippen molar-refractivity contribution in [2.45, 2.75) is 13.1 Å². The van der Waals surface area contributed by atoms with Crippen molar-refractivity contribution in [2.24, 2.45) is 4.99 Å². The molecule has 3 aromatic rings. The van der Waals surface area contributed by atoms with Crippen LogP contribution in [-0.2, 0) is 13.1 Å². The van der Waals surface area contributed by atoms with Gasteiger partial charge in [0.15, 0.2) is 5.96 Å². The summed E-state index contributed by atoms with van der Waals surface area (Å²) in [5.74, 6) is 0.669. The predicted molar refractivity (Wildman–Crippen MR) is 142 cm³/mol. The number of piperazine rings is 1. The largest absolute Gasteiger partial charge is 0.368 e. The van der Waals surface area contributed by atoms with E-state index in [1.54, 1.807) is 29.9 Å². The molecule has 2 aromatic carbocycles. The Bertz CT molecular complexity index is 1110. The highest BCUT2D eigenvalue weighted by Gasteiger charge is 2.19. The molecular weight excluding hydrogens is 532 g/mol. The van der Waals surface area contributed by atoms with Crippen molar-refractivity contribution in [3.05, 3.63) is 100 Å². The zero-order valence-electron chi connectivity index (χ0n) is 18.7. The monoisotopic (exact) mass is 561 g/mol. The van der Waals surface area contributed by atoms with Crippen molar-refractivity contribution < 1.29 is 4.39 Å². The van der Waals surface area contributed by atoms with E-state index >= 15 is 0 Å². The highest BCUT2D eigenvalue weighted by Crippen LogP contribution is 2.17. The van der Waals surface area contributed by atoms with Crippen molar-refractivity contribution in [2.75, 3.05) is 38.1 Å². The Morgan fingerprint density at radius 3 is 2.24 bits per heavy atom. The first-order valence-corrected chi connectivity index (χ1v) is 10.8. The molecule has 4 rings (SSSR count). The summed E-state index contributed by atoms with van der Waals surface area (Å²) in [6, 6.07) is 20.1. The SMILES string of the molecule is CN=C(NCc1ccc(Cn2ccccc2=O)cc1)N1CCN(c2ccc(F)cc2)CC1.I. The third kappa shape index (κ3) is 6.56. The minimum atomic E-state index is -0.209. The summed E-state index contributed by atoms with van der Waals surface area (Å²) in [5.41, 5.74) is 3.29. The minimum absolute atomic E-state index is 0. The molecule has 8 heteroatoms. The molecule has 1 aromatic heterocycles. The van der Waals surface area contributed by atoms with Gasteiger partial charge in [0, 0.05) is 57.7 Å². The second-order valence-electron chi connectivity index (χ2n) is 7.83. The number of aromatic nitrogens is 1. The van der Waals surface area contributed by atoms with Gasteiger partial charge in [0.1, 0.15) is 5.82 Å². The molecule has 0 radical (unpaired) electrons. The lowest BCUT2D eigenvalue weighted by molar-refractivity contribution is 0.372. The Labute approximate surface area is 210 Å². The van der Waals surface area contributed by atoms with Crippen molar-refractivity contribution in [3.63, 3.8) is 0 Å². The quantitative estimate of drug-likeness (QED) is 0.294. The number of anilines is 1. The van der Waals surface area contributed by atoms with Crippen LogP contribution in [0.1, 0.15) is 11.1 Å². The Morgan fingerprint density at radius 2 is 1.61 bits per heavy atom. The van der Waals surface area contributed by atoms with Crippen LogP contribution < -0.4 is 15.8 Å². The van der Waals surface area contributed by atoms with Crippen LogP contribution in [0.2, 0.25) is 0 Å². The molecule has 1 saturated heterocycles. The molecule has 0 amide bonds. The third-order valence-electron chi connectivity index (χ3n) is 5.71. The summed E-state index contributed by atoms with van der Waals surface area (Å²) in [7, 11) is 1.80. The van der Waals surface area contributed by atoms with Gasteiger partial charge in [-0.25, -0.2) is 4.39 Å². The van der Waals surface area contributed by atoms with E-state index in [1.807, 2.05) is 18.2 Å². The number of hydrogen-bond acceptors (Lipinski definition) is 3. The van der Waals surface area contributed by atoms with Crippen LogP contribution in [0.5, 0.6) is 0 Å². The fourth-order valence-electron chi connectivity index (χ4n) is 3.89. The molecule has 174 valence electrons. The Balaban J connectivity index is 0.00000306. The lowest BCUT2D eigenvalue weighted by Gasteiger charge is -2.37. The number of benzene rings is 2. The minimum Gasteiger partial charge on any atom is -0.368 e. The molecule has 0 atom stereocenters. The van der Waals surface area contributed by atoms with Gasteiger partial charge in [-0.05, 0) is 41.5 Å². The standard InChI is InChI=1S/C25H28FN5O.HI/c1-27-25(30-16-14-29(15-17-30)23-11-9-22(26)10-12-23)28-18-20-5-7-21(8-6-20)19-31-13-3-2-4-24(31)32;/h2-13H,14-19H2,1H3,(H,27,28);1H. The van der Waals surface area contributed by atoms with Gasteiger partial charge < -0.3 is 19.7 Å². The first-order valence-electron chi connectivity index (χ1n) is 10.8. The molecule has 0 unspecified atom stereocenters. The van der Waals surface area contributed by atoms with Gasteiger partial charge in [-0.2, -0.15) is 0 Å². The number of pyridine rings is 1. The van der Waals surface area contributed by atoms with E-state index in [0.29, 0.717) is 13.1 Å². The summed E-state index contributed by atoms with van der Waals surface area (Å²) in [6.45, 7) is 4.66. The molecule has 2 heterocycles. The smallest absolute Gasteiger partial charge is 0.250 e. The van der Waals surface area contributed by atoms with E-state index in [1.165, 1.54) is 12.1 Å². The second-order valence-corrected chi connectivity index (χ2v) is 7.83. The van der Waals surface area contributed by atoms with Crippen molar-refractivity contribution in [3.8, 4) is 0 Å². The normalized spacial score (nSPS) is 14.1. The fraction of sp³-hybridized carbons (Fsp3) is 0.280. The summed E-state index contributed by atoms with van der Waals surface area (Å²) in [5, 5.41) is 3.45. The molecule has 1 aliphatic heterocycles. The molecule has 1 aliphatic rings. The maximum absolute atomic E-state index is 13.2. The van der Waals surface area contributed by atoms with E-state index < -0.39 is 0 Å². The van der Waals surface area contributed by atoms with Crippen LogP contribution in [0.15, 0.2) is 82.7 Å². The molecule has 0 bridgehead atoms. The summed E-state index contributed by atoms with van der Waals surface area (Å²) >= 11 is 0. The summed E-state index contributed by atoms with van der Waals surface area (Å²) in [6.07, 6.45) is 1.80. The Hall–Kier alpha value is -2.88. The van der Waals surface area contributed by atoms with Gasteiger partial charge in [-0.1, -0.05) is 30.3 Å². The molecule has 0 spiro atoms. The number of hydrogen-bond donors (Lipinski definition) is 1.